The predicted octanol–water partition coefficient (Wildman–Crippen LogP) is 1.25. The predicted molar refractivity (Wildman–Crippen MR) is 83.2 cm³/mol. The Kier molecular flexibility index (Phi) is 6.89. The zero-order valence-corrected chi connectivity index (χ0v) is 13.8. The van der Waals surface area contributed by atoms with Crippen LogP contribution in [0.1, 0.15) is 37.9 Å². The summed E-state index contributed by atoms with van der Waals surface area (Å²) >= 11 is 0. The minimum atomic E-state index is -3.66. The molecule has 0 saturated carbocycles. The first-order chi connectivity index (χ1) is 9.98. The van der Waals surface area contributed by atoms with Crippen molar-refractivity contribution in [1.82, 2.24) is 19.8 Å². The Morgan fingerprint density at radius 3 is 2.67 bits per heavy atom. The molecule has 118 valence electrons. The summed E-state index contributed by atoms with van der Waals surface area (Å²) in [5, 5.41) is 10.0. The number of rotatable bonds is 9. The molecule has 0 radical (unpaired) electrons. The second-order valence-corrected chi connectivity index (χ2v) is 6.71. The first-order valence-corrected chi connectivity index (χ1v) is 8.61. The van der Waals surface area contributed by atoms with Crippen molar-refractivity contribution >= 4 is 10.0 Å². The maximum absolute atomic E-state index is 12.7. The molecule has 0 unspecified atom stereocenters. The Morgan fingerprint density at radius 1 is 1.38 bits per heavy atom. The van der Waals surface area contributed by atoms with Gasteiger partial charge in [-0.25, -0.2) is 8.42 Å². The zero-order chi connectivity index (χ0) is 15.9. The van der Waals surface area contributed by atoms with E-state index < -0.39 is 10.0 Å². The molecule has 0 aliphatic rings. The van der Waals surface area contributed by atoms with Gasteiger partial charge in [0.1, 0.15) is 0 Å². The molecule has 2 N–H and O–H groups in total. The van der Waals surface area contributed by atoms with Crippen LogP contribution in [0.2, 0.25) is 0 Å². The van der Waals surface area contributed by atoms with E-state index in [4.69, 9.17) is 6.42 Å². The van der Waals surface area contributed by atoms with Crippen molar-refractivity contribution in [1.29, 1.82) is 0 Å². The second kappa shape index (κ2) is 8.17. The second-order valence-electron chi connectivity index (χ2n) is 4.85. The summed E-state index contributed by atoms with van der Waals surface area (Å²) in [5.41, 5.74) is 1.44. The van der Waals surface area contributed by atoms with E-state index in [1.807, 2.05) is 13.8 Å². The molecule has 0 amide bonds. The lowest BCUT2D eigenvalue weighted by molar-refractivity contribution is 0.442. The molecule has 1 aromatic heterocycles. The maximum Gasteiger partial charge on any atom is 0.263 e. The molecular formula is C14H24N4O2S. The number of aromatic amines is 1. The van der Waals surface area contributed by atoms with Crippen LogP contribution in [0.15, 0.2) is 5.03 Å². The fraction of sp³-hybridized carbons (Fsp3) is 0.643. The van der Waals surface area contributed by atoms with Gasteiger partial charge >= 0.3 is 0 Å². The van der Waals surface area contributed by atoms with Crippen molar-refractivity contribution in [3.8, 4) is 12.3 Å². The van der Waals surface area contributed by atoms with Crippen LogP contribution in [0, 0.1) is 19.3 Å². The van der Waals surface area contributed by atoms with Gasteiger partial charge < -0.3 is 5.32 Å². The Labute approximate surface area is 127 Å². The number of sulfonamides is 1. The molecule has 0 aliphatic heterocycles. The summed E-state index contributed by atoms with van der Waals surface area (Å²) in [5.74, 6) is 2.40. The van der Waals surface area contributed by atoms with Gasteiger partial charge in [-0.1, -0.05) is 19.8 Å². The fourth-order valence-corrected chi connectivity index (χ4v) is 3.61. The van der Waals surface area contributed by atoms with Gasteiger partial charge in [-0.2, -0.15) is 9.40 Å². The van der Waals surface area contributed by atoms with Gasteiger partial charge in [0.25, 0.3) is 10.0 Å². The largest absolute Gasteiger partial charge is 0.313 e. The third-order valence-electron chi connectivity index (χ3n) is 3.09. The van der Waals surface area contributed by atoms with Crippen LogP contribution in [0.4, 0.5) is 0 Å². The van der Waals surface area contributed by atoms with E-state index in [0.29, 0.717) is 25.1 Å². The monoisotopic (exact) mass is 312 g/mol. The molecule has 0 aliphatic carbocycles. The van der Waals surface area contributed by atoms with Crippen LogP contribution in [0.3, 0.4) is 0 Å². The molecule has 0 aromatic carbocycles. The van der Waals surface area contributed by atoms with E-state index >= 15 is 0 Å². The molecule has 0 saturated heterocycles. The lowest BCUT2D eigenvalue weighted by atomic mass is 10.2. The number of H-pyrrole nitrogens is 1. The number of terminal acetylenes is 1. The number of hydrogen-bond donors (Lipinski definition) is 2. The minimum Gasteiger partial charge on any atom is -0.313 e. The molecule has 0 spiro atoms. The van der Waals surface area contributed by atoms with E-state index in [1.165, 1.54) is 4.31 Å². The Bertz CT molecular complexity index is 587. The third-order valence-corrected chi connectivity index (χ3v) is 4.91. The standard InChI is InChI=1S/C14H24N4O2S/c1-5-8-15-11-13-12(4)16-17-14(13)21(19,20)18(9-6-2)10-7-3/h2,15H,5,7-11H2,1,3-4H3,(H,16,17). The van der Waals surface area contributed by atoms with Crippen LogP contribution >= 0.6 is 0 Å². The molecule has 1 aromatic rings. The number of nitrogens with zero attached hydrogens (tertiary/aromatic N) is 2. The topological polar surface area (TPSA) is 78.1 Å². The number of aromatic nitrogens is 2. The molecule has 7 heteroatoms. The molecular weight excluding hydrogens is 288 g/mol. The van der Waals surface area contributed by atoms with Gasteiger partial charge in [-0.3, -0.25) is 5.10 Å². The highest BCUT2D eigenvalue weighted by atomic mass is 32.2. The van der Waals surface area contributed by atoms with Gasteiger partial charge in [0.15, 0.2) is 5.03 Å². The molecule has 21 heavy (non-hydrogen) atoms. The first kappa shape index (κ1) is 17.7. The summed E-state index contributed by atoms with van der Waals surface area (Å²) in [7, 11) is -3.66. The van der Waals surface area contributed by atoms with Crippen molar-refractivity contribution in [2.45, 2.75) is 45.2 Å². The first-order valence-electron chi connectivity index (χ1n) is 7.17. The molecule has 6 nitrogen and oxygen atoms in total. The SMILES string of the molecule is C#CCN(CCC)S(=O)(=O)c1n[nH]c(C)c1CNCCC. The molecule has 0 bridgehead atoms. The Morgan fingerprint density at radius 2 is 2.10 bits per heavy atom. The van der Waals surface area contributed by atoms with Gasteiger partial charge in [-0.15, -0.1) is 6.42 Å². The smallest absolute Gasteiger partial charge is 0.263 e. The van der Waals surface area contributed by atoms with Crippen molar-refractivity contribution in [2.75, 3.05) is 19.6 Å². The minimum absolute atomic E-state index is 0.0594. The number of hydrogen-bond acceptors (Lipinski definition) is 4. The lowest BCUT2D eigenvalue weighted by Crippen LogP contribution is -2.33. The Hall–Kier alpha value is -1.36. The summed E-state index contributed by atoms with van der Waals surface area (Å²) in [6.45, 7) is 7.54. The van der Waals surface area contributed by atoms with Gasteiger partial charge in [-0.05, 0) is 26.3 Å². The van der Waals surface area contributed by atoms with E-state index in [0.717, 1.165) is 18.7 Å². The molecule has 1 rings (SSSR count). The van der Waals surface area contributed by atoms with E-state index in [1.54, 1.807) is 0 Å². The average Bonchev–Trinajstić information content (AvgIpc) is 2.81. The van der Waals surface area contributed by atoms with Crippen LogP contribution in [-0.4, -0.2) is 42.6 Å². The van der Waals surface area contributed by atoms with Crippen molar-refractivity contribution in [3.05, 3.63) is 11.3 Å². The average molecular weight is 312 g/mol. The summed E-state index contributed by atoms with van der Waals surface area (Å²) in [6.07, 6.45) is 6.97. The van der Waals surface area contributed by atoms with Crippen LogP contribution in [0.5, 0.6) is 0 Å². The molecule has 0 atom stereocenters. The maximum atomic E-state index is 12.7. The van der Waals surface area contributed by atoms with Gasteiger partial charge in [0.05, 0.1) is 6.54 Å². The lowest BCUT2D eigenvalue weighted by Gasteiger charge is -2.18. The summed E-state index contributed by atoms with van der Waals surface area (Å²) in [4.78, 5) is 0. The zero-order valence-electron chi connectivity index (χ0n) is 12.9. The van der Waals surface area contributed by atoms with Crippen LogP contribution < -0.4 is 5.32 Å². The van der Waals surface area contributed by atoms with Crippen molar-refractivity contribution in [3.63, 3.8) is 0 Å². The van der Waals surface area contributed by atoms with Crippen molar-refractivity contribution < 1.29 is 8.42 Å². The fourth-order valence-electron chi connectivity index (χ4n) is 2.00. The van der Waals surface area contributed by atoms with Gasteiger partial charge in [0, 0.05) is 24.3 Å². The summed E-state index contributed by atoms with van der Waals surface area (Å²) in [6, 6.07) is 0. The van der Waals surface area contributed by atoms with E-state index in [2.05, 4.69) is 28.4 Å². The molecule has 0 fully saturated rings. The Balaban J connectivity index is 3.10. The highest BCUT2D eigenvalue weighted by Gasteiger charge is 2.29. The number of aryl methyl sites for hydroxylation is 1. The van der Waals surface area contributed by atoms with Crippen LogP contribution in [-0.2, 0) is 16.6 Å². The highest BCUT2D eigenvalue weighted by Crippen LogP contribution is 2.20. The van der Waals surface area contributed by atoms with E-state index in [9.17, 15) is 8.42 Å². The van der Waals surface area contributed by atoms with Crippen molar-refractivity contribution in [2.24, 2.45) is 0 Å². The highest BCUT2D eigenvalue weighted by molar-refractivity contribution is 7.89. The summed E-state index contributed by atoms with van der Waals surface area (Å²) < 4.78 is 26.7. The van der Waals surface area contributed by atoms with Crippen LogP contribution in [0.25, 0.3) is 0 Å². The van der Waals surface area contributed by atoms with Gasteiger partial charge in [0.2, 0.25) is 0 Å². The quantitative estimate of drug-likeness (QED) is 0.531. The number of nitrogens with one attached hydrogen (secondary N) is 2. The molecule has 1 heterocycles. The third kappa shape index (κ3) is 4.30. The normalized spacial score (nSPS) is 11.8. The van der Waals surface area contributed by atoms with E-state index in [-0.39, 0.29) is 11.6 Å².